The first-order chi connectivity index (χ1) is 12.5. The molecule has 134 valence electrons. The van der Waals surface area contributed by atoms with Gasteiger partial charge >= 0.3 is 0 Å². The first-order valence-electron chi connectivity index (χ1n) is 7.86. The van der Waals surface area contributed by atoms with Crippen molar-refractivity contribution in [1.29, 1.82) is 0 Å². The van der Waals surface area contributed by atoms with Gasteiger partial charge in [-0.15, -0.1) is 0 Å². The van der Waals surface area contributed by atoms with Gasteiger partial charge < -0.3 is 10.1 Å². The molecule has 0 spiro atoms. The smallest absolute Gasteiger partial charge is 0.124 e. The molecule has 6 heteroatoms. The molecular weight excluding hydrogens is 440 g/mol. The minimum Gasteiger partial charge on any atom is -0.489 e. The molecule has 1 N–H and O–H groups in total. The molecule has 0 fully saturated rings. The van der Waals surface area contributed by atoms with E-state index in [4.69, 9.17) is 27.9 Å². The summed E-state index contributed by atoms with van der Waals surface area (Å²) in [5, 5.41) is 4.43. The molecule has 0 aliphatic heterocycles. The number of anilines is 1. The molecule has 0 amide bonds. The predicted molar refractivity (Wildman–Crippen MR) is 109 cm³/mol. The number of hydrogen-bond acceptors (Lipinski definition) is 2. The van der Waals surface area contributed by atoms with Gasteiger partial charge in [-0.2, -0.15) is 0 Å². The Morgan fingerprint density at radius 3 is 2.46 bits per heavy atom. The van der Waals surface area contributed by atoms with Crippen LogP contribution >= 0.6 is 39.1 Å². The Hall–Kier alpha value is -1.75. The number of rotatable bonds is 6. The summed E-state index contributed by atoms with van der Waals surface area (Å²) in [7, 11) is 0. The Morgan fingerprint density at radius 2 is 1.73 bits per heavy atom. The molecular formula is C20H15BrCl2FNO. The molecule has 3 aromatic rings. The summed E-state index contributed by atoms with van der Waals surface area (Å²) in [6.07, 6.45) is 0. The van der Waals surface area contributed by atoms with Crippen molar-refractivity contribution in [3.05, 3.63) is 92.1 Å². The fourth-order valence-electron chi connectivity index (χ4n) is 2.39. The summed E-state index contributed by atoms with van der Waals surface area (Å²) in [6.45, 7) is 0.885. The average Bonchev–Trinajstić information content (AvgIpc) is 2.61. The van der Waals surface area contributed by atoms with Gasteiger partial charge in [-0.25, -0.2) is 4.39 Å². The molecule has 0 heterocycles. The Labute approximate surface area is 170 Å². The van der Waals surface area contributed by atoms with Crippen molar-refractivity contribution in [3.8, 4) is 5.75 Å². The quantitative estimate of drug-likeness (QED) is 0.429. The maximum atomic E-state index is 13.0. The second-order valence-electron chi connectivity index (χ2n) is 5.64. The zero-order chi connectivity index (χ0) is 18.5. The summed E-state index contributed by atoms with van der Waals surface area (Å²) in [5.74, 6) is 0.484. The van der Waals surface area contributed by atoms with Crippen LogP contribution in [-0.4, -0.2) is 0 Å². The third-order valence-electron chi connectivity index (χ3n) is 3.73. The molecule has 0 unspecified atom stereocenters. The Kier molecular flexibility index (Phi) is 6.41. The van der Waals surface area contributed by atoms with Gasteiger partial charge in [-0.1, -0.05) is 51.3 Å². The summed E-state index contributed by atoms with van der Waals surface area (Å²) >= 11 is 15.6. The van der Waals surface area contributed by atoms with Crippen LogP contribution in [0.15, 0.2) is 65.1 Å². The van der Waals surface area contributed by atoms with Gasteiger partial charge in [0.05, 0.1) is 10.7 Å². The summed E-state index contributed by atoms with van der Waals surface area (Å²) in [4.78, 5) is 0. The topological polar surface area (TPSA) is 21.3 Å². The average molecular weight is 455 g/mol. The zero-order valence-corrected chi connectivity index (χ0v) is 16.7. The minimum absolute atomic E-state index is 0.262. The highest BCUT2D eigenvalue weighted by molar-refractivity contribution is 9.10. The normalized spacial score (nSPS) is 10.6. The van der Waals surface area contributed by atoms with Crippen LogP contribution in [0.2, 0.25) is 10.0 Å². The number of hydrogen-bond donors (Lipinski definition) is 1. The molecule has 0 aromatic heterocycles. The van der Waals surface area contributed by atoms with E-state index in [0.29, 0.717) is 23.2 Å². The largest absolute Gasteiger partial charge is 0.489 e. The van der Waals surface area contributed by atoms with Crippen LogP contribution in [0, 0.1) is 5.82 Å². The lowest BCUT2D eigenvalue weighted by Crippen LogP contribution is -2.04. The Balaban J connectivity index is 1.71. The number of ether oxygens (including phenoxy) is 1. The van der Waals surface area contributed by atoms with E-state index in [2.05, 4.69) is 21.2 Å². The van der Waals surface area contributed by atoms with E-state index < -0.39 is 0 Å². The molecule has 0 aliphatic rings. The van der Waals surface area contributed by atoms with E-state index >= 15 is 0 Å². The third kappa shape index (κ3) is 5.13. The first kappa shape index (κ1) is 19.0. The molecule has 26 heavy (non-hydrogen) atoms. The highest BCUT2D eigenvalue weighted by atomic mass is 79.9. The highest BCUT2D eigenvalue weighted by Crippen LogP contribution is 2.28. The van der Waals surface area contributed by atoms with E-state index in [0.717, 1.165) is 27.0 Å². The molecule has 2 nitrogen and oxygen atoms in total. The Bertz CT molecular complexity index is 903. The number of nitrogens with one attached hydrogen (secondary N) is 1. The van der Waals surface area contributed by atoms with Gasteiger partial charge in [0.2, 0.25) is 0 Å². The van der Waals surface area contributed by atoms with Gasteiger partial charge in [0.15, 0.2) is 0 Å². The van der Waals surface area contributed by atoms with Crippen molar-refractivity contribution in [1.82, 2.24) is 0 Å². The van der Waals surface area contributed by atoms with Gasteiger partial charge in [0.1, 0.15) is 18.2 Å². The SMILES string of the molecule is Fc1ccc(COc2ccc(Br)cc2CNc2ccc(Cl)cc2Cl)cc1. The van der Waals surface area contributed by atoms with Crippen molar-refractivity contribution in [2.75, 3.05) is 5.32 Å². The van der Waals surface area contributed by atoms with Gasteiger partial charge in [-0.3, -0.25) is 0 Å². The fraction of sp³-hybridized carbons (Fsp3) is 0.100. The van der Waals surface area contributed by atoms with Crippen molar-refractivity contribution in [2.24, 2.45) is 0 Å². The standard InChI is InChI=1S/C20H15BrCl2FNO/c21-15-3-8-20(26-12-13-1-5-17(24)6-2-13)14(9-15)11-25-19-7-4-16(22)10-18(19)23/h1-10,25H,11-12H2. The lowest BCUT2D eigenvalue weighted by Gasteiger charge is -2.14. The minimum atomic E-state index is -0.262. The molecule has 0 atom stereocenters. The van der Waals surface area contributed by atoms with Crippen LogP contribution in [0.3, 0.4) is 0 Å². The molecule has 0 saturated carbocycles. The first-order valence-corrected chi connectivity index (χ1v) is 9.41. The molecule has 0 saturated heterocycles. The van der Waals surface area contributed by atoms with Crippen molar-refractivity contribution >= 4 is 44.8 Å². The second-order valence-corrected chi connectivity index (χ2v) is 7.40. The highest BCUT2D eigenvalue weighted by Gasteiger charge is 2.07. The van der Waals surface area contributed by atoms with Crippen molar-refractivity contribution in [3.63, 3.8) is 0 Å². The molecule has 0 bridgehead atoms. The molecule has 3 aromatic carbocycles. The van der Waals surface area contributed by atoms with E-state index in [9.17, 15) is 4.39 Å². The molecule has 0 aliphatic carbocycles. The third-order valence-corrected chi connectivity index (χ3v) is 4.77. The lowest BCUT2D eigenvalue weighted by molar-refractivity contribution is 0.303. The van der Waals surface area contributed by atoms with E-state index in [1.807, 2.05) is 24.3 Å². The summed E-state index contributed by atoms with van der Waals surface area (Å²) in [6, 6.07) is 17.4. The van der Waals surface area contributed by atoms with Crippen molar-refractivity contribution < 1.29 is 9.13 Å². The summed E-state index contributed by atoms with van der Waals surface area (Å²) in [5.41, 5.74) is 2.65. The van der Waals surface area contributed by atoms with Gasteiger partial charge in [0, 0.05) is 21.6 Å². The lowest BCUT2D eigenvalue weighted by atomic mass is 10.2. The van der Waals surface area contributed by atoms with Crippen molar-refractivity contribution in [2.45, 2.75) is 13.2 Å². The van der Waals surface area contributed by atoms with Crippen LogP contribution in [-0.2, 0) is 13.2 Å². The molecule has 3 rings (SSSR count). The van der Waals surface area contributed by atoms with Crippen LogP contribution in [0.5, 0.6) is 5.75 Å². The maximum Gasteiger partial charge on any atom is 0.124 e. The second kappa shape index (κ2) is 8.76. The Morgan fingerprint density at radius 1 is 0.962 bits per heavy atom. The number of halogens is 4. The van der Waals surface area contributed by atoms with Gasteiger partial charge in [-0.05, 0) is 54.1 Å². The van der Waals surface area contributed by atoms with Crippen LogP contribution in [0.4, 0.5) is 10.1 Å². The van der Waals surface area contributed by atoms with Gasteiger partial charge in [0.25, 0.3) is 0 Å². The number of benzene rings is 3. The van der Waals surface area contributed by atoms with E-state index in [-0.39, 0.29) is 5.82 Å². The summed E-state index contributed by atoms with van der Waals surface area (Å²) < 4.78 is 19.9. The van der Waals surface area contributed by atoms with E-state index in [1.165, 1.54) is 12.1 Å². The molecule has 0 radical (unpaired) electrons. The van der Waals surface area contributed by atoms with Crippen LogP contribution < -0.4 is 10.1 Å². The van der Waals surface area contributed by atoms with E-state index in [1.54, 1.807) is 24.3 Å². The fourth-order valence-corrected chi connectivity index (χ4v) is 3.28. The van der Waals surface area contributed by atoms with Crippen LogP contribution in [0.1, 0.15) is 11.1 Å². The zero-order valence-electron chi connectivity index (χ0n) is 13.6. The maximum absolute atomic E-state index is 13.0. The predicted octanol–water partition coefficient (Wildman–Crippen LogP) is 7.09. The monoisotopic (exact) mass is 453 g/mol. The van der Waals surface area contributed by atoms with Crippen LogP contribution in [0.25, 0.3) is 0 Å².